The number of halogens is 2. The fraction of sp³-hybridized carbons (Fsp3) is 0.0417. The van der Waals surface area contributed by atoms with E-state index in [9.17, 15) is 10.1 Å². The second-order valence-corrected chi connectivity index (χ2v) is 9.51. The third-order valence-electron chi connectivity index (χ3n) is 4.46. The smallest absolute Gasteiger partial charge is 0.264 e. The lowest BCUT2D eigenvalue weighted by molar-refractivity contribution is -0.115. The van der Waals surface area contributed by atoms with Crippen molar-refractivity contribution in [2.45, 2.75) is 6.61 Å². The Labute approximate surface area is 206 Å². The average molecular weight is 569 g/mol. The molecule has 0 unspecified atom stereocenters. The zero-order chi connectivity index (χ0) is 22.5. The first-order valence-electron chi connectivity index (χ1n) is 9.47. The van der Waals surface area contributed by atoms with Gasteiger partial charge in [-0.25, -0.2) is 4.99 Å². The van der Waals surface area contributed by atoms with Crippen molar-refractivity contribution in [2.24, 2.45) is 4.99 Å². The molecule has 1 saturated heterocycles. The predicted octanol–water partition coefficient (Wildman–Crippen LogP) is 6.55. The van der Waals surface area contributed by atoms with Gasteiger partial charge in [0.1, 0.15) is 12.4 Å². The van der Waals surface area contributed by atoms with E-state index in [0.717, 1.165) is 25.8 Å². The van der Waals surface area contributed by atoms with Gasteiger partial charge in [-0.3, -0.25) is 4.79 Å². The minimum atomic E-state index is -0.187. The molecule has 0 saturated carbocycles. The highest BCUT2D eigenvalue weighted by atomic mass is 79.9. The molecule has 3 aromatic carbocycles. The Balaban J connectivity index is 1.47. The van der Waals surface area contributed by atoms with Gasteiger partial charge in [-0.05, 0) is 75.7 Å². The van der Waals surface area contributed by atoms with Crippen molar-refractivity contribution in [2.75, 3.05) is 0 Å². The van der Waals surface area contributed by atoms with Crippen molar-refractivity contribution in [3.63, 3.8) is 0 Å². The molecule has 0 spiro atoms. The van der Waals surface area contributed by atoms with E-state index in [1.54, 1.807) is 6.07 Å². The maximum atomic E-state index is 12.4. The van der Waals surface area contributed by atoms with Crippen LogP contribution in [0, 0.1) is 11.3 Å². The fourth-order valence-electron chi connectivity index (χ4n) is 2.93. The molecule has 1 aliphatic rings. The Morgan fingerprint density at radius 2 is 1.94 bits per heavy atom. The van der Waals surface area contributed by atoms with E-state index in [2.05, 4.69) is 48.2 Å². The fourth-order valence-corrected chi connectivity index (χ4v) is 4.67. The van der Waals surface area contributed by atoms with Crippen LogP contribution in [0.2, 0.25) is 0 Å². The van der Waals surface area contributed by atoms with Gasteiger partial charge in [0.15, 0.2) is 5.17 Å². The number of amidine groups is 1. The van der Waals surface area contributed by atoms with Crippen molar-refractivity contribution in [1.29, 1.82) is 5.26 Å². The molecule has 158 valence electrons. The number of carbonyl (C=O) groups is 1. The summed E-state index contributed by atoms with van der Waals surface area (Å²) in [4.78, 5) is 17.4. The Hall–Kier alpha value is -2.86. The molecule has 1 amide bonds. The minimum absolute atomic E-state index is 0.187. The molecular formula is C24H15Br2N3O2S. The lowest BCUT2D eigenvalue weighted by Gasteiger charge is -2.10. The van der Waals surface area contributed by atoms with Crippen LogP contribution in [0.15, 0.2) is 85.6 Å². The highest BCUT2D eigenvalue weighted by Crippen LogP contribution is 2.32. The summed E-state index contributed by atoms with van der Waals surface area (Å²) in [6, 6.07) is 22.7. The summed E-state index contributed by atoms with van der Waals surface area (Å²) in [6.45, 7) is 0.288. The number of amides is 1. The lowest BCUT2D eigenvalue weighted by atomic mass is 10.1. The topological polar surface area (TPSA) is 74.5 Å². The molecule has 32 heavy (non-hydrogen) atoms. The minimum Gasteiger partial charge on any atom is -0.488 e. The van der Waals surface area contributed by atoms with Crippen LogP contribution in [0.3, 0.4) is 0 Å². The summed E-state index contributed by atoms with van der Waals surface area (Å²) in [5.41, 5.74) is 3.02. The predicted molar refractivity (Wildman–Crippen MR) is 135 cm³/mol. The Kier molecular flexibility index (Phi) is 7.10. The van der Waals surface area contributed by atoms with Crippen LogP contribution in [0.5, 0.6) is 5.75 Å². The van der Waals surface area contributed by atoms with Gasteiger partial charge in [0.05, 0.1) is 26.7 Å². The molecule has 1 aliphatic heterocycles. The Bertz CT molecular complexity index is 1300. The second kappa shape index (κ2) is 10.2. The first-order chi connectivity index (χ1) is 15.5. The Morgan fingerprint density at radius 3 is 2.72 bits per heavy atom. The number of rotatable bonds is 5. The van der Waals surface area contributed by atoms with Crippen LogP contribution in [0.4, 0.5) is 5.69 Å². The highest BCUT2D eigenvalue weighted by Gasteiger charge is 2.24. The van der Waals surface area contributed by atoms with Gasteiger partial charge in [0.25, 0.3) is 5.91 Å². The van der Waals surface area contributed by atoms with E-state index < -0.39 is 0 Å². The zero-order valence-corrected chi connectivity index (χ0v) is 20.5. The van der Waals surface area contributed by atoms with Crippen molar-refractivity contribution in [3.8, 4) is 11.8 Å². The van der Waals surface area contributed by atoms with E-state index in [0.29, 0.717) is 21.4 Å². The van der Waals surface area contributed by atoms with E-state index in [1.807, 2.05) is 66.7 Å². The van der Waals surface area contributed by atoms with Crippen molar-refractivity contribution >= 4 is 66.5 Å². The maximum absolute atomic E-state index is 12.4. The zero-order valence-electron chi connectivity index (χ0n) is 16.5. The third-order valence-corrected chi connectivity index (χ3v) is 6.49. The van der Waals surface area contributed by atoms with Crippen molar-refractivity contribution in [1.82, 2.24) is 5.32 Å². The van der Waals surface area contributed by atoms with Gasteiger partial charge in [0.2, 0.25) is 0 Å². The molecule has 1 heterocycles. The van der Waals surface area contributed by atoms with Gasteiger partial charge < -0.3 is 10.1 Å². The number of aliphatic imine (C=N–C) groups is 1. The summed E-state index contributed by atoms with van der Waals surface area (Å²) >= 11 is 8.24. The summed E-state index contributed by atoms with van der Waals surface area (Å²) < 4.78 is 7.56. The number of benzene rings is 3. The monoisotopic (exact) mass is 567 g/mol. The number of nitrogens with zero attached hydrogens (tertiary/aromatic N) is 2. The van der Waals surface area contributed by atoms with Gasteiger partial charge in [0, 0.05) is 10.0 Å². The Morgan fingerprint density at radius 1 is 1.09 bits per heavy atom. The van der Waals surface area contributed by atoms with Crippen LogP contribution in [-0.4, -0.2) is 11.1 Å². The molecule has 3 aromatic rings. The molecule has 0 atom stereocenters. The highest BCUT2D eigenvalue weighted by molar-refractivity contribution is 9.10. The van der Waals surface area contributed by atoms with Gasteiger partial charge in [-0.15, -0.1) is 0 Å². The number of nitriles is 1. The van der Waals surface area contributed by atoms with E-state index in [-0.39, 0.29) is 12.5 Å². The number of ether oxygens (including phenoxy) is 1. The number of hydrogen-bond acceptors (Lipinski definition) is 5. The number of hydrogen-bond donors (Lipinski definition) is 1. The third kappa shape index (κ3) is 5.49. The molecule has 4 rings (SSSR count). The normalized spacial score (nSPS) is 15.6. The van der Waals surface area contributed by atoms with Gasteiger partial charge >= 0.3 is 0 Å². The van der Waals surface area contributed by atoms with E-state index >= 15 is 0 Å². The van der Waals surface area contributed by atoms with Crippen LogP contribution in [0.25, 0.3) is 6.08 Å². The van der Waals surface area contributed by atoms with Crippen LogP contribution in [-0.2, 0) is 11.4 Å². The number of carbonyl (C=O) groups excluding carboxylic acids is 1. The standard InChI is InChI=1S/C24H15Br2N3O2S/c25-18-6-3-7-19(12-18)28-24-29-23(30)22(32-24)11-15-8-9-21(20(26)10-15)31-14-17-5-2-1-4-16(17)13-27/h1-12H,14H2,(H,28,29,30)/b22-11-. The molecule has 0 bridgehead atoms. The van der Waals surface area contributed by atoms with E-state index in [1.165, 1.54) is 11.8 Å². The lowest BCUT2D eigenvalue weighted by Crippen LogP contribution is -2.19. The number of nitrogens with one attached hydrogen (secondary N) is 1. The van der Waals surface area contributed by atoms with Crippen molar-refractivity contribution in [3.05, 3.63) is 97.3 Å². The molecule has 1 fully saturated rings. The van der Waals surface area contributed by atoms with Gasteiger partial charge in [-0.1, -0.05) is 46.3 Å². The summed E-state index contributed by atoms with van der Waals surface area (Å²) in [5, 5.41) is 12.5. The molecule has 8 heteroatoms. The van der Waals surface area contributed by atoms with Crippen LogP contribution >= 0.6 is 43.6 Å². The molecule has 0 radical (unpaired) electrons. The quantitative estimate of drug-likeness (QED) is 0.354. The van der Waals surface area contributed by atoms with Gasteiger partial charge in [-0.2, -0.15) is 5.26 Å². The molecule has 5 nitrogen and oxygen atoms in total. The molecule has 1 N–H and O–H groups in total. The number of thioether (sulfide) groups is 1. The SMILES string of the molecule is N#Cc1ccccc1COc1ccc(/C=C2\SC(=Nc3cccc(Br)c3)NC2=O)cc1Br. The van der Waals surface area contributed by atoms with Crippen molar-refractivity contribution < 1.29 is 9.53 Å². The summed E-state index contributed by atoms with van der Waals surface area (Å²) in [6.07, 6.45) is 1.81. The molecule has 0 aliphatic carbocycles. The van der Waals surface area contributed by atoms with E-state index in [4.69, 9.17) is 4.74 Å². The first-order valence-corrected chi connectivity index (χ1v) is 11.9. The first kappa shape index (κ1) is 22.3. The average Bonchev–Trinajstić information content (AvgIpc) is 3.11. The summed E-state index contributed by atoms with van der Waals surface area (Å²) in [7, 11) is 0. The largest absolute Gasteiger partial charge is 0.488 e. The summed E-state index contributed by atoms with van der Waals surface area (Å²) in [5.74, 6) is 0.466. The van der Waals surface area contributed by atoms with Crippen LogP contribution in [0.1, 0.15) is 16.7 Å². The van der Waals surface area contributed by atoms with Crippen LogP contribution < -0.4 is 10.1 Å². The second-order valence-electron chi connectivity index (χ2n) is 6.71. The molecular weight excluding hydrogens is 554 g/mol. The maximum Gasteiger partial charge on any atom is 0.264 e. The molecule has 0 aromatic heterocycles.